The molecule has 0 saturated carbocycles. The first kappa shape index (κ1) is 35.6. The van der Waals surface area contributed by atoms with Crippen molar-refractivity contribution in [3.8, 4) is 22.6 Å². The first-order valence-electron chi connectivity index (χ1n) is 18.5. The average Bonchev–Trinajstić information content (AvgIpc) is 3.50. The van der Waals surface area contributed by atoms with Gasteiger partial charge in [0.15, 0.2) is 5.60 Å². The second-order valence-electron chi connectivity index (χ2n) is 14.0. The number of hydrogen-bond acceptors (Lipinski definition) is 7. The van der Waals surface area contributed by atoms with Crippen LogP contribution in [0.3, 0.4) is 0 Å². The highest BCUT2D eigenvalue weighted by atomic mass is 17.2. The molecule has 5 aromatic rings. The largest absolute Gasteiger partial charge is 0.501 e. The molecule has 7 nitrogen and oxygen atoms in total. The number of ether oxygens (including phenoxy) is 4. The fourth-order valence-electron chi connectivity index (χ4n) is 8.30. The molecule has 0 fully saturated rings. The molecule has 0 aromatic heterocycles. The molecule has 7 heteroatoms. The number of fused-ring (bicyclic) bond motifs is 8. The first-order chi connectivity index (χ1) is 26.4. The molecule has 0 bridgehead atoms. The van der Waals surface area contributed by atoms with Crippen molar-refractivity contribution in [2.24, 2.45) is 0 Å². The van der Waals surface area contributed by atoms with Gasteiger partial charge in [0.1, 0.15) is 30.0 Å². The summed E-state index contributed by atoms with van der Waals surface area (Å²) in [5, 5.41) is 2.13. The third-order valence-corrected chi connectivity index (χ3v) is 10.8. The van der Waals surface area contributed by atoms with E-state index in [1.54, 1.807) is 14.2 Å². The van der Waals surface area contributed by atoms with E-state index < -0.39 is 11.2 Å². The lowest BCUT2D eigenvalue weighted by Gasteiger charge is -2.41. The summed E-state index contributed by atoms with van der Waals surface area (Å²) in [7, 11) is 3.40. The lowest BCUT2D eigenvalue weighted by atomic mass is 9.76. The predicted octanol–water partition coefficient (Wildman–Crippen LogP) is 9.84. The molecule has 2 unspecified atom stereocenters. The van der Waals surface area contributed by atoms with E-state index in [4.69, 9.17) is 28.7 Å². The van der Waals surface area contributed by atoms with Crippen LogP contribution >= 0.6 is 0 Å². The smallest absolute Gasteiger partial charge is 0.174 e. The maximum absolute atomic E-state index is 10.8. The zero-order valence-electron chi connectivity index (χ0n) is 31.1. The molecule has 2 aliphatic carbocycles. The number of carbonyl (C=O) groups excluding carboxylic acids is 1. The second kappa shape index (κ2) is 14.7. The van der Waals surface area contributed by atoms with Crippen LogP contribution in [-0.2, 0) is 35.2 Å². The van der Waals surface area contributed by atoms with E-state index in [9.17, 15) is 4.79 Å². The van der Waals surface area contributed by atoms with Gasteiger partial charge < -0.3 is 23.7 Å². The summed E-state index contributed by atoms with van der Waals surface area (Å²) in [6.07, 6.45) is 11.3. The standard InChI is InChI=1S/C47H44O7/c1-31-11-21-38-41(29-31)45-40(23-24-46(54-45,33-13-17-36(49-3)18-14-33)34-15-19-37(50-4)20-16-34)44-43(38)39-22-12-32(2)30-42(39)47(44,35-9-6-5-7-10-35)51-27-28-53-52-26-8-25-48/h5-7,9-15,17-19,21-25,29-30H,8,16,20,26-28H2,1-4H3. The zero-order chi connectivity index (χ0) is 37.3. The summed E-state index contributed by atoms with van der Waals surface area (Å²) < 4.78 is 26.0. The lowest BCUT2D eigenvalue weighted by molar-refractivity contribution is -0.300. The normalized spacial score (nSPS) is 19.6. The fraction of sp³-hybridized carbons (Fsp3) is 0.255. The Kier molecular flexibility index (Phi) is 9.71. The van der Waals surface area contributed by atoms with E-state index in [0.717, 1.165) is 103 Å². The Morgan fingerprint density at radius 3 is 2.28 bits per heavy atom. The Morgan fingerprint density at radius 2 is 1.54 bits per heavy atom. The van der Waals surface area contributed by atoms with Crippen molar-refractivity contribution >= 4 is 23.1 Å². The molecule has 1 heterocycles. The van der Waals surface area contributed by atoms with Crippen LogP contribution in [0.5, 0.6) is 11.5 Å². The quantitative estimate of drug-likeness (QED) is 0.0519. The Morgan fingerprint density at radius 1 is 0.759 bits per heavy atom. The third-order valence-electron chi connectivity index (χ3n) is 10.8. The van der Waals surface area contributed by atoms with Gasteiger partial charge in [-0.2, -0.15) is 0 Å². The van der Waals surface area contributed by atoms with Gasteiger partial charge in [0.25, 0.3) is 0 Å². The molecule has 274 valence electrons. The minimum Gasteiger partial charge on any atom is -0.501 e. The van der Waals surface area contributed by atoms with Gasteiger partial charge in [0.2, 0.25) is 0 Å². The monoisotopic (exact) mass is 720 g/mol. The summed E-state index contributed by atoms with van der Waals surface area (Å²) in [6.45, 7) is 4.84. The third kappa shape index (κ3) is 5.93. The van der Waals surface area contributed by atoms with Crippen molar-refractivity contribution in [3.63, 3.8) is 0 Å². The number of carbonyl (C=O) groups is 1. The zero-order valence-corrected chi connectivity index (χ0v) is 31.1. The van der Waals surface area contributed by atoms with Crippen molar-refractivity contribution in [2.45, 2.75) is 44.3 Å². The van der Waals surface area contributed by atoms with Gasteiger partial charge in [-0.25, -0.2) is 9.78 Å². The predicted molar refractivity (Wildman–Crippen MR) is 210 cm³/mol. The van der Waals surface area contributed by atoms with Crippen LogP contribution in [-0.4, -0.2) is 40.3 Å². The van der Waals surface area contributed by atoms with Gasteiger partial charge >= 0.3 is 0 Å². The minimum absolute atomic E-state index is 0.178. The Labute approximate surface area is 316 Å². The summed E-state index contributed by atoms with van der Waals surface area (Å²) in [4.78, 5) is 21.6. The second-order valence-corrected chi connectivity index (χ2v) is 14.0. The van der Waals surface area contributed by atoms with E-state index in [-0.39, 0.29) is 26.2 Å². The average molecular weight is 721 g/mol. The molecule has 8 rings (SSSR count). The van der Waals surface area contributed by atoms with Crippen molar-refractivity contribution < 1.29 is 33.5 Å². The van der Waals surface area contributed by atoms with E-state index >= 15 is 0 Å². The number of benzene rings is 5. The SMILES string of the molecule is COC1=CC=C(C2(c3ccc(OC)cc3)C=Cc3c4c(c5ccc(C)cc5c3O2)-c2ccc(C)cc2C4(OCCOOCCC=O)c2ccccc2)CC1. The Bertz CT molecular complexity index is 2300. The molecule has 3 aliphatic rings. The highest BCUT2D eigenvalue weighted by Gasteiger charge is 2.51. The van der Waals surface area contributed by atoms with Gasteiger partial charge in [-0.3, -0.25) is 0 Å². The summed E-state index contributed by atoms with van der Waals surface area (Å²) in [6, 6.07) is 31.9. The molecule has 2 atom stereocenters. The molecule has 0 radical (unpaired) electrons. The van der Waals surface area contributed by atoms with Crippen LogP contribution in [0.15, 0.2) is 121 Å². The van der Waals surface area contributed by atoms with Crippen LogP contribution in [0, 0.1) is 13.8 Å². The fourth-order valence-corrected chi connectivity index (χ4v) is 8.30. The molecule has 0 spiro atoms. The summed E-state index contributed by atoms with van der Waals surface area (Å²) in [5.74, 6) is 2.52. The first-order valence-corrected chi connectivity index (χ1v) is 18.5. The van der Waals surface area contributed by atoms with Gasteiger partial charge in [-0.05, 0) is 78.3 Å². The maximum atomic E-state index is 10.8. The van der Waals surface area contributed by atoms with Gasteiger partial charge in [-0.15, -0.1) is 0 Å². The van der Waals surface area contributed by atoms with Crippen molar-refractivity contribution in [1.29, 1.82) is 0 Å². The van der Waals surface area contributed by atoms with E-state index in [1.165, 1.54) is 0 Å². The number of aryl methyl sites for hydroxylation is 2. The van der Waals surface area contributed by atoms with E-state index in [2.05, 4.69) is 111 Å². The number of rotatable bonds is 13. The van der Waals surface area contributed by atoms with Crippen LogP contribution in [0.4, 0.5) is 0 Å². The van der Waals surface area contributed by atoms with Gasteiger partial charge in [0.05, 0.1) is 33.2 Å². The summed E-state index contributed by atoms with van der Waals surface area (Å²) >= 11 is 0. The van der Waals surface area contributed by atoms with Crippen molar-refractivity contribution in [2.75, 3.05) is 34.0 Å². The van der Waals surface area contributed by atoms with Crippen LogP contribution in [0.1, 0.15) is 58.2 Å². The Hall–Kier alpha value is -5.47. The topological polar surface area (TPSA) is 72.5 Å². The summed E-state index contributed by atoms with van der Waals surface area (Å²) in [5.41, 5.74) is 8.80. The molecule has 0 N–H and O–H groups in total. The van der Waals surface area contributed by atoms with Crippen molar-refractivity contribution in [1.82, 2.24) is 0 Å². The van der Waals surface area contributed by atoms with Gasteiger partial charge in [0, 0.05) is 40.5 Å². The molecule has 0 saturated heterocycles. The Balaban J connectivity index is 1.39. The van der Waals surface area contributed by atoms with Gasteiger partial charge in [-0.1, -0.05) is 96.1 Å². The molecule has 5 aromatic carbocycles. The number of allylic oxidation sites excluding steroid dienone is 3. The highest BCUT2D eigenvalue weighted by Crippen LogP contribution is 2.61. The van der Waals surface area contributed by atoms with Crippen LogP contribution in [0.25, 0.3) is 28.0 Å². The number of aldehydes is 1. The van der Waals surface area contributed by atoms with E-state index in [0.29, 0.717) is 0 Å². The molecule has 0 amide bonds. The molecular formula is C47H44O7. The van der Waals surface area contributed by atoms with Crippen LogP contribution < -0.4 is 9.47 Å². The molecular weight excluding hydrogens is 677 g/mol. The number of hydrogen-bond donors (Lipinski definition) is 0. The van der Waals surface area contributed by atoms with Crippen molar-refractivity contribution in [3.05, 3.63) is 159 Å². The molecule has 1 aliphatic heterocycles. The molecule has 54 heavy (non-hydrogen) atoms. The highest BCUT2D eigenvalue weighted by molar-refractivity contribution is 6.09. The minimum atomic E-state index is -1.01. The van der Waals surface area contributed by atoms with Crippen LogP contribution in [0.2, 0.25) is 0 Å². The maximum Gasteiger partial charge on any atom is 0.174 e. The lowest BCUT2D eigenvalue weighted by Crippen LogP contribution is -2.37. The number of methoxy groups -OCH3 is 2. The van der Waals surface area contributed by atoms with E-state index in [1.807, 2.05) is 18.2 Å².